The van der Waals surface area contributed by atoms with Crippen LogP contribution in [0.5, 0.6) is 0 Å². The third kappa shape index (κ3) is 4.60. The van der Waals surface area contributed by atoms with Gasteiger partial charge >= 0.3 is 0 Å². The zero-order valence-corrected chi connectivity index (χ0v) is 15.3. The molecule has 1 aliphatic heterocycles. The number of aromatic nitrogens is 2. The zero-order valence-electron chi connectivity index (χ0n) is 15.3. The van der Waals surface area contributed by atoms with Gasteiger partial charge in [0, 0.05) is 37.5 Å². The molecule has 3 heterocycles. The van der Waals surface area contributed by atoms with Gasteiger partial charge < -0.3 is 19.8 Å². The maximum atomic E-state index is 12.3. The lowest BCUT2D eigenvalue weighted by Gasteiger charge is -2.32. The largest absolute Gasteiger partial charge is 0.391 e. The minimum atomic E-state index is -0.332. The van der Waals surface area contributed by atoms with Gasteiger partial charge in [0.25, 0.3) is 5.91 Å². The summed E-state index contributed by atoms with van der Waals surface area (Å²) < 4.78 is 5.16. The Hall–Kier alpha value is -2.41. The Balaban J connectivity index is 1.64. The third-order valence-corrected chi connectivity index (χ3v) is 4.40. The molecule has 0 radical (unpaired) electrons. The fraction of sp³-hybridized carbons (Fsp3) is 0.526. The molecule has 0 unspecified atom stereocenters. The highest BCUT2D eigenvalue weighted by Gasteiger charge is 2.21. The number of carbonyl (C=O) groups excluding carboxylic acids is 1. The first-order chi connectivity index (χ1) is 12.5. The van der Waals surface area contributed by atoms with Crippen molar-refractivity contribution in [1.29, 1.82) is 0 Å². The molecular weight excluding hydrogens is 332 g/mol. The summed E-state index contributed by atoms with van der Waals surface area (Å²) in [7, 11) is 0. The van der Waals surface area contributed by atoms with Gasteiger partial charge in [-0.2, -0.15) is 0 Å². The summed E-state index contributed by atoms with van der Waals surface area (Å²) in [5, 5.41) is 16.7. The first-order valence-electron chi connectivity index (χ1n) is 9.13. The highest BCUT2D eigenvalue weighted by molar-refractivity contribution is 5.91. The number of anilines is 1. The van der Waals surface area contributed by atoms with Crippen molar-refractivity contribution in [3.05, 3.63) is 41.4 Å². The summed E-state index contributed by atoms with van der Waals surface area (Å²) in [6.07, 6.45) is 3.93. The quantitative estimate of drug-likeness (QED) is 0.822. The number of amides is 1. The van der Waals surface area contributed by atoms with E-state index in [1.165, 1.54) is 0 Å². The molecule has 1 fully saturated rings. The summed E-state index contributed by atoms with van der Waals surface area (Å²) in [5.74, 6) is 1.19. The molecular formula is C19H26N4O3. The van der Waals surface area contributed by atoms with Crippen LogP contribution in [0.2, 0.25) is 0 Å². The van der Waals surface area contributed by atoms with Crippen LogP contribution in [0.15, 0.2) is 28.9 Å². The molecule has 0 aliphatic carbocycles. The van der Waals surface area contributed by atoms with Crippen molar-refractivity contribution in [2.45, 2.75) is 45.8 Å². The van der Waals surface area contributed by atoms with Crippen LogP contribution in [0.1, 0.15) is 48.5 Å². The third-order valence-electron chi connectivity index (χ3n) is 4.40. The van der Waals surface area contributed by atoms with E-state index in [1.54, 1.807) is 12.3 Å². The van der Waals surface area contributed by atoms with Crippen LogP contribution >= 0.6 is 0 Å². The number of nitrogens with zero attached hydrogens (tertiary/aromatic N) is 3. The van der Waals surface area contributed by atoms with E-state index in [0.717, 1.165) is 42.9 Å². The predicted octanol–water partition coefficient (Wildman–Crippen LogP) is 2.16. The topological polar surface area (TPSA) is 91.5 Å². The summed E-state index contributed by atoms with van der Waals surface area (Å²) in [6.45, 7) is 5.95. The molecule has 1 amide bonds. The Morgan fingerprint density at radius 3 is 3.12 bits per heavy atom. The van der Waals surface area contributed by atoms with Crippen molar-refractivity contribution in [2.75, 3.05) is 18.0 Å². The standard InChI is InChI=1S/C19H26N4O3/c1-13(2)9-15-10-17(26-22-15)19(25)21-11-14-5-3-7-20-18(14)23-8-4-6-16(24)12-23/h3,5,7,10,13,16,24H,4,6,8-9,11-12H2,1-2H3,(H,21,25)/t16-/m1/s1. The van der Waals surface area contributed by atoms with Crippen molar-refractivity contribution < 1.29 is 14.4 Å². The minimum Gasteiger partial charge on any atom is -0.391 e. The number of piperidine rings is 1. The molecule has 1 atom stereocenters. The number of rotatable bonds is 6. The monoisotopic (exact) mass is 358 g/mol. The molecule has 7 heteroatoms. The normalized spacial score (nSPS) is 17.5. The number of hydrogen-bond donors (Lipinski definition) is 2. The van der Waals surface area contributed by atoms with Crippen molar-refractivity contribution >= 4 is 11.7 Å². The van der Waals surface area contributed by atoms with E-state index in [-0.39, 0.29) is 17.8 Å². The molecule has 1 aliphatic rings. The van der Waals surface area contributed by atoms with Gasteiger partial charge in [-0.1, -0.05) is 25.1 Å². The molecule has 2 N–H and O–H groups in total. The molecule has 0 saturated carbocycles. The Bertz CT molecular complexity index is 744. The predicted molar refractivity (Wildman–Crippen MR) is 97.9 cm³/mol. The number of nitrogens with one attached hydrogen (secondary N) is 1. The van der Waals surface area contributed by atoms with E-state index in [1.807, 2.05) is 12.1 Å². The molecule has 3 rings (SSSR count). The smallest absolute Gasteiger partial charge is 0.290 e. The van der Waals surface area contributed by atoms with Crippen molar-refractivity contribution in [3.8, 4) is 0 Å². The van der Waals surface area contributed by atoms with E-state index >= 15 is 0 Å². The second kappa shape index (κ2) is 8.31. The van der Waals surface area contributed by atoms with Crippen molar-refractivity contribution in [3.63, 3.8) is 0 Å². The number of aliphatic hydroxyl groups is 1. The number of carbonyl (C=O) groups is 1. The summed E-state index contributed by atoms with van der Waals surface area (Å²) in [6, 6.07) is 5.48. The van der Waals surface area contributed by atoms with Crippen LogP contribution in [0.3, 0.4) is 0 Å². The first-order valence-corrected chi connectivity index (χ1v) is 9.13. The Morgan fingerprint density at radius 2 is 2.35 bits per heavy atom. The second-order valence-corrected chi connectivity index (χ2v) is 7.19. The molecule has 0 bridgehead atoms. The second-order valence-electron chi connectivity index (χ2n) is 7.19. The van der Waals surface area contributed by atoms with Crippen molar-refractivity contribution in [1.82, 2.24) is 15.5 Å². The molecule has 7 nitrogen and oxygen atoms in total. The Morgan fingerprint density at radius 1 is 1.50 bits per heavy atom. The zero-order chi connectivity index (χ0) is 18.5. The first kappa shape index (κ1) is 18.4. The molecule has 1 saturated heterocycles. The highest BCUT2D eigenvalue weighted by atomic mass is 16.5. The SMILES string of the molecule is CC(C)Cc1cc(C(=O)NCc2cccnc2N2CCC[C@@H](O)C2)on1. The lowest BCUT2D eigenvalue weighted by Crippen LogP contribution is -2.39. The van der Waals surface area contributed by atoms with Gasteiger partial charge in [0.05, 0.1) is 11.8 Å². The maximum absolute atomic E-state index is 12.3. The number of β-amino-alcohol motifs (C(OH)–C–C–N with tert-alkyl or cyclic N) is 1. The van der Waals surface area contributed by atoms with E-state index < -0.39 is 0 Å². The van der Waals surface area contributed by atoms with Crippen LogP contribution in [0.25, 0.3) is 0 Å². The van der Waals surface area contributed by atoms with Gasteiger partial charge in [-0.25, -0.2) is 4.98 Å². The number of pyridine rings is 1. The highest BCUT2D eigenvalue weighted by Crippen LogP contribution is 2.22. The van der Waals surface area contributed by atoms with Gasteiger partial charge in [0.1, 0.15) is 5.82 Å². The summed E-state index contributed by atoms with van der Waals surface area (Å²) >= 11 is 0. The van der Waals surface area contributed by atoms with Crippen LogP contribution in [-0.2, 0) is 13.0 Å². The number of aliphatic hydroxyl groups excluding tert-OH is 1. The Labute approximate surface area is 153 Å². The molecule has 2 aromatic rings. The molecule has 26 heavy (non-hydrogen) atoms. The maximum Gasteiger partial charge on any atom is 0.290 e. The van der Waals surface area contributed by atoms with Crippen molar-refractivity contribution in [2.24, 2.45) is 5.92 Å². The van der Waals surface area contributed by atoms with Gasteiger partial charge in [-0.05, 0) is 31.2 Å². The van der Waals surface area contributed by atoms with Gasteiger partial charge in [-0.15, -0.1) is 0 Å². The van der Waals surface area contributed by atoms with Crippen LogP contribution in [-0.4, -0.2) is 40.3 Å². The lowest BCUT2D eigenvalue weighted by atomic mass is 10.1. The summed E-state index contributed by atoms with van der Waals surface area (Å²) in [4.78, 5) is 18.9. The fourth-order valence-corrected chi connectivity index (χ4v) is 3.20. The van der Waals surface area contributed by atoms with Crippen LogP contribution in [0, 0.1) is 5.92 Å². The fourth-order valence-electron chi connectivity index (χ4n) is 3.20. The number of hydrogen-bond acceptors (Lipinski definition) is 6. The Kier molecular flexibility index (Phi) is 5.88. The minimum absolute atomic E-state index is 0.222. The lowest BCUT2D eigenvalue weighted by molar-refractivity contribution is 0.0913. The average Bonchev–Trinajstić information content (AvgIpc) is 3.08. The molecule has 2 aromatic heterocycles. The van der Waals surface area contributed by atoms with Gasteiger partial charge in [0.2, 0.25) is 5.76 Å². The average molecular weight is 358 g/mol. The van der Waals surface area contributed by atoms with E-state index in [0.29, 0.717) is 19.0 Å². The summed E-state index contributed by atoms with van der Waals surface area (Å²) in [5.41, 5.74) is 1.70. The van der Waals surface area contributed by atoms with Crippen LogP contribution < -0.4 is 10.2 Å². The molecule has 0 spiro atoms. The van der Waals surface area contributed by atoms with E-state index in [2.05, 4.69) is 34.2 Å². The van der Waals surface area contributed by atoms with Crippen LogP contribution in [0.4, 0.5) is 5.82 Å². The van der Waals surface area contributed by atoms with E-state index in [9.17, 15) is 9.90 Å². The van der Waals surface area contributed by atoms with E-state index in [4.69, 9.17) is 4.52 Å². The van der Waals surface area contributed by atoms with Gasteiger partial charge in [0.15, 0.2) is 0 Å². The van der Waals surface area contributed by atoms with Gasteiger partial charge in [-0.3, -0.25) is 4.79 Å². The molecule has 0 aromatic carbocycles. The molecule has 140 valence electrons.